The fraction of sp³-hybridized carbons (Fsp3) is 0.179. The molecule has 1 aliphatic heterocycles. The van der Waals surface area contributed by atoms with Gasteiger partial charge in [0.2, 0.25) is 5.82 Å². The summed E-state index contributed by atoms with van der Waals surface area (Å²) in [5.41, 5.74) is 4.69. The summed E-state index contributed by atoms with van der Waals surface area (Å²) in [6, 6.07) is 20.4. The normalized spacial score (nSPS) is 15.7. The molecule has 0 saturated heterocycles. The largest absolute Gasteiger partial charge is 0.497 e. The number of allylic oxidation sites excluding steroid dienone is 1. The van der Waals surface area contributed by atoms with Crippen molar-refractivity contribution in [2.24, 2.45) is 0 Å². The first-order valence-corrected chi connectivity index (χ1v) is 11.5. The minimum Gasteiger partial charge on any atom is -0.497 e. The van der Waals surface area contributed by atoms with E-state index in [9.17, 15) is 9.18 Å². The van der Waals surface area contributed by atoms with E-state index >= 15 is 0 Å². The van der Waals surface area contributed by atoms with Crippen molar-refractivity contribution in [2.75, 3.05) is 7.11 Å². The van der Waals surface area contributed by atoms with Gasteiger partial charge in [-0.2, -0.15) is 4.98 Å². The number of amides is 2. The second kappa shape index (κ2) is 9.65. The van der Waals surface area contributed by atoms with Gasteiger partial charge in [-0.25, -0.2) is 9.18 Å². The minimum atomic E-state index is -0.662. The van der Waals surface area contributed by atoms with E-state index in [0.717, 1.165) is 16.7 Å². The van der Waals surface area contributed by atoms with E-state index in [-0.39, 0.29) is 11.9 Å². The number of benzene rings is 3. The van der Waals surface area contributed by atoms with Crippen LogP contribution in [-0.4, -0.2) is 28.2 Å². The molecule has 0 spiro atoms. The number of nitrogens with zero attached hydrogens (tertiary/aromatic N) is 3. The van der Waals surface area contributed by atoms with Crippen LogP contribution in [0.4, 0.5) is 9.18 Å². The predicted octanol–water partition coefficient (Wildman–Crippen LogP) is 5.89. The van der Waals surface area contributed by atoms with Crippen LogP contribution in [0.2, 0.25) is 0 Å². The Kier molecular flexibility index (Phi) is 6.25. The van der Waals surface area contributed by atoms with Crippen molar-refractivity contribution in [3.8, 4) is 17.1 Å². The Balaban J connectivity index is 1.59. The van der Waals surface area contributed by atoms with Crippen molar-refractivity contribution in [3.05, 3.63) is 107 Å². The number of carbonyl (C=O) groups is 1. The zero-order chi connectivity index (χ0) is 25.2. The molecule has 1 atom stereocenters. The molecule has 2 amide bonds. The average molecular weight is 485 g/mol. The minimum absolute atomic E-state index is 0.252. The number of methoxy groups -OCH3 is 1. The molecule has 1 unspecified atom stereocenters. The van der Waals surface area contributed by atoms with Crippen molar-refractivity contribution in [3.63, 3.8) is 0 Å². The van der Waals surface area contributed by atoms with Gasteiger partial charge in [-0.05, 0) is 66.9 Å². The summed E-state index contributed by atoms with van der Waals surface area (Å²) >= 11 is 0. The van der Waals surface area contributed by atoms with Crippen LogP contribution in [0.15, 0.2) is 83.0 Å². The van der Waals surface area contributed by atoms with Crippen LogP contribution < -0.4 is 10.1 Å². The number of hydrogen-bond acceptors (Lipinski definition) is 5. The third-order valence-electron chi connectivity index (χ3n) is 6.37. The molecule has 5 rings (SSSR count). The maximum absolute atomic E-state index is 14.1. The Morgan fingerprint density at radius 3 is 2.56 bits per heavy atom. The number of halogens is 1. The van der Waals surface area contributed by atoms with Crippen molar-refractivity contribution in [1.29, 1.82) is 0 Å². The Labute approximate surface area is 208 Å². The molecule has 36 heavy (non-hydrogen) atoms. The molecule has 4 aromatic rings. The summed E-state index contributed by atoms with van der Waals surface area (Å²) in [6.07, 6.45) is 0. The molecule has 0 bridgehead atoms. The molecule has 0 aliphatic carbocycles. The molecule has 3 aromatic carbocycles. The molecule has 1 aliphatic rings. The van der Waals surface area contributed by atoms with Crippen LogP contribution in [0.3, 0.4) is 0 Å². The number of aromatic nitrogens is 2. The second-order valence-corrected chi connectivity index (χ2v) is 8.60. The Morgan fingerprint density at radius 1 is 1.06 bits per heavy atom. The van der Waals surface area contributed by atoms with Gasteiger partial charge in [0, 0.05) is 11.3 Å². The number of ether oxygens (including phenoxy) is 1. The number of nitrogens with one attached hydrogen (secondary N) is 1. The standard InChI is InChI=1S/C28H25FN4O3/c1-17-7-4-5-8-21(17)16-33-18(2)24(25(30-28(33)34)20-9-6-10-22(29)15-20)27-31-26(32-36-27)19-11-13-23(35-3)14-12-19/h4-15,25H,16H2,1-3H3,(H,30,34). The smallest absolute Gasteiger partial charge is 0.322 e. The molecule has 1 aromatic heterocycles. The van der Waals surface area contributed by atoms with Gasteiger partial charge in [-0.3, -0.25) is 4.90 Å². The fourth-order valence-electron chi connectivity index (χ4n) is 4.33. The molecule has 1 N–H and O–H groups in total. The van der Waals surface area contributed by atoms with E-state index in [4.69, 9.17) is 9.26 Å². The molecular formula is C28H25FN4O3. The molecule has 182 valence electrons. The van der Waals surface area contributed by atoms with E-state index < -0.39 is 11.9 Å². The lowest BCUT2D eigenvalue weighted by molar-refractivity contribution is 0.203. The number of aryl methyl sites for hydroxylation is 1. The van der Waals surface area contributed by atoms with Crippen LogP contribution >= 0.6 is 0 Å². The van der Waals surface area contributed by atoms with Crippen molar-refractivity contribution in [1.82, 2.24) is 20.4 Å². The lowest BCUT2D eigenvalue weighted by atomic mass is 9.94. The van der Waals surface area contributed by atoms with Crippen molar-refractivity contribution >= 4 is 11.6 Å². The monoisotopic (exact) mass is 484 g/mol. The van der Waals surface area contributed by atoms with Gasteiger partial charge in [-0.1, -0.05) is 41.6 Å². The lowest BCUT2D eigenvalue weighted by Crippen LogP contribution is -2.45. The van der Waals surface area contributed by atoms with Crippen LogP contribution in [-0.2, 0) is 6.54 Å². The van der Waals surface area contributed by atoms with E-state index in [0.29, 0.717) is 35.0 Å². The van der Waals surface area contributed by atoms with Crippen LogP contribution in [0, 0.1) is 12.7 Å². The highest BCUT2D eigenvalue weighted by Gasteiger charge is 2.36. The fourth-order valence-corrected chi connectivity index (χ4v) is 4.33. The maximum atomic E-state index is 14.1. The maximum Gasteiger partial charge on any atom is 0.322 e. The molecule has 2 heterocycles. The van der Waals surface area contributed by atoms with Gasteiger partial charge in [0.1, 0.15) is 11.6 Å². The first-order chi connectivity index (χ1) is 17.4. The van der Waals surface area contributed by atoms with Gasteiger partial charge < -0.3 is 14.6 Å². The average Bonchev–Trinajstić information content (AvgIpc) is 3.37. The summed E-state index contributed by atoms with van der Waals surface area (Å²) in [6.45, 7) is 4.21. The molecule has 0 radical (unpaired) electrons. The Bertz CT molecular complexity index is 1450. The molecule has 7 nitrogen and oxygen atoms in total. The zero-order valence-corrected chi connectivity index (χ0v) is 20.2. The highest BCUT2D eigenvalue weighted by atomic mass is 19.1. The summed E-state index contributed by atoms with van der Waals surface area (Å²) < 4.78 is 25.1. The van der Waals surface area contributed by atoms with Gasteiger partial charge in [0.15, 0.2) is 0 Å². The van der Waals surface area contributed by atoms with E-state index in [1.165, 1.54) is 12.1 Å². The highest BCUT2D eigenvalue weighted by molar-refractivity contribution is 5.87. The van der Waals surface area contributed by atoms with Gasteiger partial charge in [-0.15, -0.1) is 0 Å². The highest BCUT2D eigenvalue weighted by Crippen LogP contribution is 2.38. The first kappa shape index (κ1) is 23.3. The van der Waals surface area contributed by atoms with E-state index in [2.05, 4.69) is 15.5 Å². The van der Waals surface area contributed by atoms with E-state index in [1.807, 2.05) is 62.4 Å². The molecular weight excluding hydrogens is 459 g/mol. The zero-order valence-electron chi connectivity index (χ0n) is 20.2. The number of carbonyl (C=O) groups excluding carboxylic acids is 1. The van der Waals surface area contributed by atoms with Crippen molar-refractivity contribution < 1.29 is 18.4 Å². The Morgan fingerprint density at radius 2 is 1.83 bits per heavy atom. The predicted molar refractivity (Wildman–Crippen MR) is 133 cm³/mol. The summed E-state index contributed by atoms with van der Waals surface area (Å²) in [7, 11) is 1.60. The second-order valence-electron chi connectivity index (χ2n) is 8.60. The topological polar surface area (TPSA) is 80.5 Å². The number of rotatable bonds is 6. The third-order valence-corrected chi connectivity index (χ3v) is 6.37. The quantitative estimate of drug-likeness (QED) is 0.369. The lowest BCUT2D eigenvalue weighted by Gasteiger charge is -2.35. The van der Waals surface area contributed by atoms with Crippen LogP contribution in [0.1, 0.15) is 35.5 Å². The Hall–Kier alpha value is -4.46. The summed E-state index contributed by atoms with van der Waals surface area (Å²) in [5.74, 6) is 0.968. The number of hydrogen-bond donors (Lipinski definition) is 1. The molecule has 0 fully saturated rings. The van der Waals surface area contributed by atoms with Crippen LogP contribution in [0.5, 0.6) is 5.75 Å². The van der Waals surface area contributed by atoms with Gasteiger partial charge in [0.25, 0.3) is 5.89 Å². The van der Waals surface area contributed by atoms with Crippen LogP contribution in [0.25, 0.3) is 17.0 Å². The first-order valence-electron chi connectivity index (χ1n) is 11.5. The van der Waals surface area contributed by atoms with Gasteiger partial charge >= 0.3 is 6.03 Å². The van der Waals surface area contributed by atoms with E-state index in [1.54, 1.807) is 24.1 Å². The van der Waals surface area contributed by atoms with Crippen molar-refractivity contribution in [2.45, 2.75) is 26.4 Å². The number of urea groups is 1. The summed E-state index contributed by atoms with van der Waals surface area (Å²) in [5, 5.41) is 7.18. The summed E-state index contributed by atoms with van der Waals surface area (Å²) in [4.78, 5) is 19.5. The van der Waals surface area contributed by atoms with Gasteiger partial charge in [0.05, 0.1) is 25.3 Å². The SMILES string of the molecule is COc1ccc(-c2noc(C3=C(C)N(Cc4ccccc4C)C(=O)NC3c3cccc(F)c3)n2)cc1. The molecule has 8 heteroatoms. The third kappa shape index (κ3) is 4.45. The molecule has 0 saturated carbocycles.